The van der Waals surface area contributed by atoms with Crippen molar-refractivity contribution < 1.29 is 4.79 Å². The summed E-state index contributed by atoms with van der Waals surface area (Å²) < 4.78 is 0. The minimum atomic E-state index is -0.0454. The van der Waals surface area contributed by atoms with E-state index in [9.17, 15) is 4.79 Å². The average Bonchev–Trinajstić information content (AvgIpc) is 2.87. The molecule has 118 valence electrons. The van der Waals surface area contributed by atoms with E-state index in [-0.39, 0.29) is 11.9 Å². The molecule has 0 aliphatic rings. The summed E-state index contributed by atoms with van der Waals surface area (Å²) in [5, 5.41) is 5.96. The predicted octanol–water partition coefficient (Wildman–Crippen LogP) is 3.09. The molecule has 1 N–H and O–H groups in total. The summed E-state index contributed by atoms with van der Waals surface area (Å²) in [5.74, 6) is -0.0454. The van der Waals surface area contributed by atoms with Gasteiger partial charge in [0, 0.05) is 17.5 Å². The monoisotopic (exact) mass is 309 g/mol. The number of nitrogens with zero attached hydrogens (tertiary/aromatic N) is 2. The summed E-state index contributed by atoms with van der Waals surface area (Å²) in [4.78, 5) is 18.5. The van der Waals surface area contributed by atoms with E-state index in [1.807, 2.05) is 12.3 Å². The molecule has 0 radical (unpaired) electrons. The minimum Gasteiger partial charge on any atom is -0.350 e. The van der Waals surface area contributed by atoms with Crippen LogP contribution in [0.4, 0.5) is 0 Å². The number of hydrogen-bond donors (Lipinski definition) is 1. The third-order valence-electron chi connectivity index (χ3n) is 3.44. The van der Waals surface area contributed by atoms with Crippen molar-refractivity contribution in [2.45, 2.75) is 46.6 Å². The fraction of sp³-hybridized carbons (Fsp3) is 0.625. The summed E-state index contributed by atoms with van der Waals surface area (Å²) in [5.41, 5.74) is 0.849. The Hall–Kier alpha value is -1.20. The van der Waals surface area contributed by atoms with Gasteiger partial charge in [0.05, 0.1) is 10.7 Å². The molecule has 5 heteroatoms. The Morgan fingerprint density at radius 1 is 1.48 bits per heavy atom. The van der Waals surface area contributed by atoms with Gasteiger partial charge in [-0.15, -0.1) is 11.3 Å². The van der Waals surface area contributed by atoms with E-state index in [2.05, 4.69) is 36.0 Å². The van der Waals surface area contributed by atoms with Gasteiger partial charge in [-0.1, -0.05) is 13.8 Å². The second kappa shape index (κ2) is 9.68. The first-order valence-electron chi connectivity index (χ1n) is 7.68. The van der Waals surface area contributed by atoms with Gasteiger partial charge in [0.1, 0.15) is 0 Å². The molecule has 21 heavy (non-hydrogen) atoms. The van der Waals surface area contributed by atoms with Crippen LogP contribution >= 0.6 is 11.3 Å². The van der Waals surface area contributed by atoms with E-state index in [0.717, 1.165) is 43.2 Å². The van der Waals surface area contributed by atoms with Gasteiger partial charge in [0.25, 0.3) is 0 Å². The van der Waals surface area contributed by atoms with Crippen molar-refractivity contribution in [2.24, 2.45) is 0 Å². The molecule has 1 rings (SSSR count). The lowest BCUT2D eigenvalue weighted by Gasteiger charge is -2.19. The Labute approximate surface area is 132 Å². The van der Waals surface area contributed by atoms with Crippen molar-refractivity contribution in [3.63, 3.8) is 0 Å². The molecule has 1 aromatic rings. The summed E-state index contributed by atoms with van der Waals surface area (Å²) in [6, 6.07) is 0.204. The topological polar surface area (TPSA) is 45.2 Å². The van der Waals surface area contributed by atoms with Gasteiger partial charge >= 0.3 is 0 Å². The van der Waals surface area contributed by atoms with Crippen LogP contribution in [-0.2, 0) is 4.79 Å². The summed E-state index contributed by atoms with van der Waals surface area (Å²) in [7, 11) is 0. The van der Waals surface area contributed by atoms with Gasteiger partial charge in [-0.25, -0.2) is 4.98 Å². The molecule has 0 bridgehead atoms. The van der Waals surface area contributed by atoms with Crippen LogP contribution in [0.15, 0.2) is 11.5 Å². The summed E-state index contributed by atoms with van der Waals surface area (Å²) in [6.07, 6.45) is 5.45. The average molecular weight is 309 g/mol. The highest BCUT2D eigenvalue weighted by atomic mass is 32.1. The van der Waals surface area contributed by atoms with E-state index >= 15 is 0 Å². The van der Waals surface area contributed by atoms with Gasteiger partial charge in [0.15, 0.2) is 0 Å². The van der Waals surface area contributed by atoms with E-state index in [4.69, 9.17) is 0 Å². The van der Waals surface area contributed by atoms with Crippen molar-refractivity contribution in [2.75, 3.05) is 19.6 Å². The minimum absolute atomic E-state index is 0.0454. The highest BCUT2D eigenvalue weighted by Gasteiger charge is 2.06. The molecule has 0 aliphatic carbocycles. The standard InChI is InChI=1S/C16H27N3OS/c1-5-19(6-2)11-7-8-13(3)17-16(20)10-9-15-12-21-14(4)18-15/h9-10,12-13H,5-8,11H2,1-4H3,(H,17,20). The number of nitrogens with one attached hydrogen (secondary N) is 1. The normalized spacial score (nSPS) is 13.0. The third kappa shape index (κ3) is 7.39. The van der Waals surface area contributed by atoms with Crippen LogP contribution in [0.1, 0.15) is 44.3 Å². The lowest BCUT2D eigenvalue weighted by atomic mass is 10.1. The summed E-state index contributed by atoms with van der Waals surface area (Å²) in [6.45, 7) is 11.7. The predicted molar refractivity (Wildman–Crippen MR) is 90.5 cm³/mol. The van der Waals surface area contributed by atoms with Crippen LogP contribution in [0, 0.1) is 6.92 Å². The highest BCUT2D eigenvalue weighted by Crippen LogP contribution is 2.09. The fourth-order valence-corrected chi connectivity index (χ4v) is 2.72. The molecular weight excluding hydrogens is 282 g/mol. The first-order valence-corrected chi connectivity index (χ1v) is 8.56. The lowest BCUT2D eigenvalue weighted by Crippen LogP contribution is -2.32. The Morgan fingerprint density at radius 3 is 2.76 bits per heavy atom. The van der Waals surface area contributed by atoms with E-state index in [1.54, 1.807) is 23.5 Å². The van der Waals surface area contributed by atoms with Crippen LogP contribution in [0.25, 0.3) is 6.08 Å². The zero-order chi connectivity index (χ0) is 15.7. The first-order chi connectivity index (χ1) is 10.0. The maximum atomic E-state index is 11.8. The van der Waals surface area contributed by atoms with Gasteiger partial charge in [-0.05, 0) is 52.4 Å². The Balaban J connectivity index is 2.25. The second-order valence-electron chi connectivity index (χ2n) is 5.20. The van der Waals surface area contributed by atoms with Crippen LogP contribution < -0.4 is 5.32 Å². The number of carbonyl (C=O) groups excluding carboxylic acids is 1. The molecule has 0 saturated heterocycles. The molecule has 0 aliphatic heterocycles. The number of thiazole rings is 1. The molecule has 1 amide bonds. The number of hydrogen-bond acceptors (Lipinski definition) is 4. The quantitative estimate of drug-likeness (QED) is 0.713. The number of aryl methyl sites for hydroxylation is 1. The van der Waals surface area contributed by atoms with Crippen LogP contribution in [0.5, 0.6) is 0 Å². The molecule has 1 unspecified atom stereocenters. The van der Waals surface area contributed by atoms with Crippen molar-refractivity contribution in [1.29, 1.82) is 0 Å². The maximum absolute atomic E-state index is 11.8. The molecule has 0 saturated carbocycles. The van der Waals surface area contributed by atoms with E-state index in [0.29, 0.717) is 0 Å². The number of aromatic nitrogens is 1. The Morgan fingerprint density at radius 2 is 2.19 bits per heavy atom. The van der Waals surface area contributed by atoms with Crippen molar-refractivity contribution in [3.05, 3.63) is 22.2 Å². The molecule has 1 heterocycles. The Bertz CT molecular complexity index is 452. The first kappa shape index (κ1) is 17.9. The van der Waals surface area contributed by atoms with E-state index < -0.39 is 0 Å². The van der Waals surface area contributed by atoms with Crippen molar-refractivity contribution >= 4 is 23.3 Å². The highest BCUT2D eigenvalue weighted by molar-refractivity contribution is 7.09. The Kier molecular flexibility index (Phi) is 8.23. The van der Waals surface area contributed by atoms with Gasteiger partial charge in [0.2, 0.25) is 5.91 Å². The molecule has 0 fully saturated rings. The zero-order valence-corrected chi connectivity index (χ0v) is 14.4. The smallest absolute Gasteiger partial charge is 0.244 e. The fourth-order valence-electron chi connectivity index (χ4n) is 2.14. The van der Waals surface area contributed by atoms with Gasteiger partial charge < -0.3 is 10.2 Å². The number of rotatable bonds is 9. The van der Waals surface area contributed by atoms with Crippen LogP contribution in [-0.4, -0.2) is 41.5 Å². The largest absolute Gasteiger partial charge is 0.350 e. The van der Waals surface area contributed by atoms with Gasteiger partial charge in [-0.3, -0.25) is 4.79 Å². The maximum Gasteiger partial charge on any atom is 0.244 e. The van der Waals surface area contributed by atoms with Crippen molar-refractivity contribution in [1.82, 2.24) is 15.2 Å². The third-order valence-corrected chi connectivity index (χ3v) is 4.23. The molecular formula is C16H27N3OS. The number of amides is 1. The second-order valence-corrected chi connectivity index (χ2v) is 6.27. The zero-order valence-electron chi connectivity index (χ0n) is 13.6. The summed E-state index contributed by atoms with van der Waals surface area (Å²) >= 11 is 1.59. The molecule has 0 spiro atoms. The van der Waals surface area contributed by atoms with Crippen LogP contribution in [0.2, 0.25) is 0 Å². The lowest BCUT2D eigenvalue weighted by molar-refractivity contribution is -0.117. The molecule has 1 atom stereocenters. The molecule has 1 aromatic heterocycles. The molecule has 4 nitrogen and oxygen atoms in total. The van der Waals surface area contributed by atoms with Crippen molar-refractivity contribution in [3.8, 4) is 0 Å². The number of carbonyl (C=O) groups is 1. The van der Waals surface area contributed by atoms with Crippen LogP contribution in [0.3, 0.4) is 0 Å². The SMILES string of the molecule is CCN(CC)CCCC(C)NC(=O)C=Cc1csc(C)n1. The van der Waals surface area contributed by atoms with E-state index in [1.165, 1.54) is 0 Å². The van der Waals surface area contributed by atoms with Gasteiger partial charge in [-0.2, -0.15) is 0 Å². The molecule has 0 aromatic carbocycles.